The number of carbonyl (C=O) groups is 1. The summed E-state index contributed by atoms with van der Waals surface area (Å²) in [6.45, 7) is 1.98. The maximum absolute atomic E-state index is 12.0. The zero-order valence-electron chi connectivity index (χ0n) is 11.4. The third-order valence-corrected chi connectivity index (χ3v) is 2.89. The Kier molecular flexibility index (Phi) is 3.90. The lowest BCUT2D eigenvalue weighted by molar-refractivity contribution is -0.115. The highest BCUT2D eigenvalue weighted by molar-refractivity contribution is 5.93. The highest BCUT2D eigenvalue weighted by Gasteiger charge is 2.09. The van der Waals surface area contributed by atoms with E-state index in [0.717, 1.165) is 11.1 Å². The summed E-state index contributed by atoms with van der Waals surface area (Å²) in [5.41, 5.74) is 2.78. The maximum Gasteiger partial charge on any atom is 0.228 e. The van der Waals surface area contributed by atoms with Gasteiger partial charge < -0.3 is 14.6 Å². The Bertz CT molecular complexity index is 588. The quantitative estimate of drug-likeness (QED) is 0.915. The van der Waals surface area contributed by atoms with Crippen LogP contribution in [0.2, 0.25) is 0 Å². The van der Waals surface area contributed by atoms with E-state index in [0.29, 0.717) is 17.9 Å². The van der Waals surface area contributed by atoms with E-state index in [4.69, 9.17) is 4.74 Å². The van der Waals surface area contributed by atoms with Gasteiger partial charge in [0.2, 0.25) is 5.91 Å². The molecule has 1 aromatic heterocycles. The minimum atomic E-state index is -0.0462. The molecule has 19 heavy (non-hydrogen) atoms. The molecular formula is C15H18N2O2. The zero-order valence-corrected chi connectivity index (χ0v) is 11.4. The van der Waals surface area contributed by atoms with Gasteiger partial charge >= 0.3 is 0 Å². The fraction of sp³-hybridized carbons (Fsp3) is 0.267. The van der Waals surface area contributed by atoms with E-state index in [1.165, 1.54) is 0 Å². The number of nitrogens with zero attached hydrogens (tertiary/aromatic N) is 1. The van der Waals surface area contributed by atoms with Gasteiger partial charge in [0.05, 0.1) is 19.2 Å². The molecule has 1 heterocycles. The monoisotopic (exact) mass is 258 g/mol. The predicted octanol–water partition coefficient (Wildman–Crippen LogP) is 2.52. The van der Waals surface area contributed by atoms with Crippen LogP contribution in [-0.4, -0.2) is 17.6 Å². The smallest absolute Gasteiger partial charge is 0.228 e. The van der Waals surface area contributed by atoms with Crippen LogP contribution in [-0.2, 0) is 18.3 Å². The number of aryl methyl sites for hydroxylation is 2. The van der Waals surface area contributed by atoms with Crippen LogP contribution in [0.3, 0.4) is 0 Å². The minimum absolute atomic E-state index is 0.0462. The normalized spacial score (nSPS) is 10.3. The van der Waals surface area contributed by atoms with Gasteiger partial charge in [-0.25, -0.2) is 0 Å². The molecule has 1 aromatic carbocycles. The summed E-state index contributed by atoms with van der Waals surface area (Å²) in [6, 6.07) is 7.65. The Labute approximate surface area is 113 Å². The fourth-order valence-corrected chi connectivity index (χ4v) is 1.96. The molecule has 0 bridgehead atoms. The second kappa shape index (κ2) is 5.61. The van der Waals surface area contributed by atoms with Crippen molar-refractivity contribution in [2.24, 2.45) is 7.05 Å². The molecular weight excluding hydrogens is 240 g/mol. The van der Waals surface area contributed by atoms with Crippen molar-refractivity contribution in [3.05, 3.63) is 47.8 Å². The van der Waals surface area contributed by atoms with Gasteiger partial charge in [0, 0.05) is 19.4 Å². The Hall–Kier alpha value is -2.23. The molecule has 0 unspecified atom stereocenters. The lowest BCUT2D eigenvalue weighted by Gasteiger charge is -2.10. The highest BCUT2D eigenvalue weighted by Crippen LogP contribution is 2.25. The number of hydrogen-bond acceptors (Lipinski definition) is 2. The average molecular weight is 258 g/mol. The molecule has 0 spiro atoms. The Morgan fingerprint density at radius 2 is 2.16 bits per heavy atom. The molecule has 1 N–H and O–H groups in total. The summed E-state index contributed by atoms with van der Waals surface area (Å²) >= 11 is 0. The molecule has 100 valence electrons. The number of benzene rings is 1. The van der Waals surface area contributed by atoms with Crippen LogP contribution in [0.1, 0.15) is 11.1 Å². The van der Waals surface area contributed by atoms with E-state index < -0.39 is 0 Å². The SMILES string of the molecule is COc1ccc(C)cc1NC(=O)Cc1ccn(C)c1. The second-order valence-electron chi connectivity index (χ2n) is 4.61. The number of anilines is 1. The van der Waals surface area contributed by atoms with Crippen LogP contribution in [0, 0.1) is 6.92 Å². The topological polar surface area (TPSA) is 43.3 Å². The third-order valence-electron chi connectivity index (χ3n) is 2.89. The molecule has 0 saturated carbocycles. The second-order valence-corrected chi connectivity index (χ2v) is 4.61. The van der Waals surface area contributed by atoms with E-state index in [9.17, 15) is 4.79 Å². The molecule has 4 nitrogen and oxygen atoms in total. The van der Waals surface area contributed by atoms with Gasteiger partial charge in [-0.1, -0.05) is 6.07 Å². The lowest BCUT2D eigenvalue weighted by Crippen LogP contribution is -2.14. The summed E-state index contributed by atoms with van der Waals surface area (Å²) in [5.74, 6) is 0.627. The van der Waals surface area contributed by atoms with E-state index in [-0.39, 0.29) is 5.91 Å². The first-order chi connectivity index (χ1) is 9.08. The molecule has 0 aliphatic rings. The van der Waals surface area contributed by atoms with Gasteiger partial charge in [0.1, 0.15) is 5.75 Å². The number of ether oxygens (including phenoxy) is 1. The largest absolute Gasteiger partial charge is 0.495 e. The van der Waals surface area contributed by atoms with Crippen LogP contribution in [0.4, 0.5) is 5.69 Å². The van der Waals surface area contributed by atoms with Crippen molar-refractivity contribution in [2.45, 2.75) is 13.3 Å². The van der Waals surface area contributed by atoms with E-state index >= 15 is 0 Å². The van der Waals surface area contributed by atoms with Crippen LogP contribution in [0.5, 0.6) is 5.75 Å². The number of amides is 1. The number of hydrogen-bond donors (Lipinski definition) is 1. The highest BCUT2D eigenvalue weighted by atomic mass is 16.5. The number of carbonyl (C=O) groups excluding carboxylic acids is 1. The van der Waals surface area contributed by atoms with Crippen molar-refractivity contribution in [1.29, 1.82) is 0 Å². The standard InChI is InChI=1S/C15H18N2O2/c1-11-4-5-14(19-3)13(8-11)16-15(18)9-12-6-7-17(2)10-12/h4-8,10H,9H2,1-3H3,(H,16,18). The number of aromatic nitrogens is 1. The fourth-order valence-electron chi connectivity index (χ4n) is 1.96. The summed E-state index contributed by atoms with van der Waals surface area (Å²) in [7, 11) is 3.53. The third kappa shape index (κ3) is 3.37. The molecule has 4 heteroatoms. The van der Waals surface area contributed by atoms with E-state index in [1.807, 2.05) is 55.2 Å². The predicted molar refractivity (Wildman–Crippen MR) is 75.5 cm³/mol. The first-order valence-corrected chi connectivity index (χ1v) is 6.14. The summed E-state index contributed by atoms with van der Waals surface area (Å²) in [6.07, 6.45) is 4.22. The van der Waals surface area contributed by atoms with Gasteiger partial charge in [-0.3, -0.25) is 4.79 Å². The molecule has 1 amide bonds. The van der Waals surface area contributed by atoms with Crippen molar-refractivity contribution >= 4 is 11.6 Å². The van der Waals surface area contributed by atoms with Gasteiger partial charge in [-0.2, -0.15) is 0 Å². The molecule has 0 aliphatic heterocycles. The van der Waals surface area contributed by atoms with Crippen LogP contribution in [0.25, 0.3) is 0 Å². The van der Waals surface area contributed by atoms with Crippen molar-refractivity contribution in [3.8, 4) is 5.75 Å². The van der Waals surface area contributed by atoms with Gasteiger partial charge in [0.15, 0.2) is 0 Å². The van der Waals surface area contributed by atoms with Crippen LogP contribution < -0.4 is 10.1 Å². The molecule has 0 atom stereocenters. The summed E-state index contributed by atoms with van der Waals surface area (Å²) < 4.78 is 7.16. The number of methoxy groups -OCH3 is 1. The minimum Gasteiger partial charge on any atom is -0.495 e. The Balaban J connectivity index is 2.08. The zero-order chi connectivity index (χ0) is 13.8. The first-order valence-electron chi connectivity index (χ1n) is 6.14. The molecule has 0 radical (unpaired) electrons. The van der Waals surface area contributed by atoms with Gasteiger partial charge in [-0.05, 0) is 36.2 Å². The van der Waals surface area contributed by atoms with Crippen molar-refractivity contribution in [3.63, 3.8) is 0 Å². The molecule has 2 rings (SSSR count). The van der Waals surface area contributed by atoms with Crippen molar-refractivity contribution < 1.29 is 9.53 Å². The van der Waals surface area contributed by atoms with Crippen molar-refractivity contribution in [1.82, 2.24) is 4.57 Å². The van der Waals surface area contributed by atoms with Crippen LogP contribution in [0.15, 0.2) is 36.7 Å². The molecule has 2 aromatic rings. The first kappa shape index (κ1) is 13.2. The summed E-state index contributed by atoms with van der Waals surface area (Å²) in [5, 5.41) is 2.89. The molecule has 0 aliphatic carbocycles. The number of nitrogens with one attached hydrogen (secondary N) is 1. The summed E-state index contributed by atoms with van der Waals surface area (Å²) in [4.78, 5) is 12.0. The number of rotatable bonds is 4. The van der Waals surface area contributed by atoms with Crippen molar-refractivity contribution in [2.75, 3.05) is 12.4 Å². The van der Waals surface area contributed by atoms with Crippen LogP contribution >= 0.6 is 0 Å². The average Bonchev–Trinajstić information content (AvgIpc) is 2.75. The lowest BCUT2D eigenvalue weighted by atomic mass is 10.2. The molecule has 0 saturated heterocycles. The Morgan fingerprint density at radius 1 is 1.37 bits per heavy atom. The van der Waals surface area contributed by atoms with Gasteiger partial charge in [-0.15, -0.1) is 0 Å². The maximum atomic E-state index is 12.0. The van der Waals surface area contributed by atoms with E-state index in [2.05, 4.69) is 5.32 Å². The van der Waals surface area contributed by atoms with Gasteiger partial charge in [0.25, 0.3) is 0 Å². The Morgan fingerprint density at radius 3 is 2.79 bits per heavy atom. The van der Waals surface area contributed by atoms with E-state index in [1.54, 1.807) is 7.11 Å². The molecule has 0 fully saturated rings.